The van der Waals surface area contributed by atoms with Crippen molar-refractivity contribution in [3.63, 3.8) is 0 Å². The standard InChI is InChI=1S/C22H21F2N5OS/c1-14-25-22-29(26-14)21(30)20(31-22)19(15-2-4-16(23)5-3-15)28-12-10-27(11-13-28)18-8-6-17(24)7-9-18/h2-9,19,30H,10-13H2,1H3. The smallest absolute Gasteiger partial charge is 0.230 e. The fraction of sp³-hybridized carbons (Fsp3) is 0.273. The Kier molecular flexibility index (Phi) is 5.07. The Hall–Kier alpha value is -3.04. The van der Waals surface area contributed by atoms with E-state index in [2.05, 4.69) is 19.9 Å². The molecule has 1 aliphatic rings. The van der Waals surface area contributed by atoms with E-state index in [0.717, 1.165) is 42.3 Å². The predicted molar refractivity (Wildman–Crippen MR) is 116 cm³/mol. The van der Waals surface area contributed by atoms with Crippen LogP contribution in [0.1, 0.15) is 22.3 Å². The topological polar surface area (TPSA) is 56.9 Å². The molecule has 1 aliphatic heterocycles. The van der Waals surface area contributed by atoms with E-state index in [4.69, 9.17) is 0 Å². The van der Waals surface area contributed by atoms with Gasteiger partial charge in [0.2, 0.25) is 10.8 Å². The molecule has 31 heavy (non-hydrogen) atoms. The molecule has 1 fully saturated rings. The van der Waals surface area contributed by atoms with Crippen LogP contribution in [0.15, 0.2) is 48.5 Å². The Morgan fingerprint density at radius 1 is 0.935 bits per heavy atom. The minimum Gasteiger partial charge on any atom is -0.492 e. The van der Waals surface area contributed by atoms with Gasteiger partial charge in [-0.15, -0.1) is 5.10 Å². The summed E-state index contributed by atoms with van der Waals surface area (Å²) in [7, 11) is 0. The van der Waals surface area contributed by atoms with Gasteiger partial charge in [-0.25, -0.2) is 13.8 Å². The summed E-state index contributed by atoms with van der Waals surface area (Å²) in [5.41, 5.74) is 1.88. The summed E-state index contributed by atoms with van der Waals surface area (Å²) in [5.74, 6) is 0.113. The Morgan fingerprint density at radius 2 is 1.55 bits per heavy atom. The van der Waals surface area contributed by atoms with Crippen molar-refractivity contribution in [2.75, 3.05) is 31.1 Å². The van der Waals surface area contributed by atoms with Crippen molar-refractivity contribution in [3.8, 4) is 5.88 Å². The van der Waals surface area contributed by atoms with E-state index in [9.17, 15) is 13.9 Å². The number of hydrogen-bond donors (Lipinski definition) is 1. The minimum absolute atomic E-state index is 0.0656. The Labute approximate surface area is 182 Å². The molecule has 0 bridgehead atoms. The lowest BCUT2D eigenvalue weighted by Gasteiger charge is -2.40. The van der Waals surface area contributed by atoms with Crippen LogP contribution in [0.4, 0.5) is 14.5 Å². The van der Waals surface area contributed by atoms with Crippen LogP contribution in [0, 0.1) is 18.6 Å². The molecule has 1 N–H and O–H groups in total. The molecule has 5 rings (SSSR count). The van der Waals surface area contributed by atoms with Crippen LogP contribution in [0.3, 0.4) is 0 Å². The second kappa shape index (κ2) is 7.90. The molecule has 6 nitrogen and oxygen atoms in total. The lowest BCUT2D eigenvalue weighted by atomic mass is 10.0. The summed E-state index contributed by atoms with van der Waals surface area (Å²) in [6, 6.07) is 12.7. The maximum Gasteiger partial charge on any atom is 0.230 e. The largest absolute Gasteiger partial charge is 0.492 e. The number of hydrogen-bond acceptors (Lipinski definition) is 6. The molecule has 0 saturated carbocycles. The van der Waals surface area contributed by atoms with Gasteiger partial charge in [0, 0.05) is 31.9 Å². The maximum atomic E-state index is 13.6. The molecular formula is C22H21F2N5OS. The molecule has 1 atom stereocenters. The average molecular weight is 442 g/mol. The van der Waals surface area contributed by atoms with Gasteiger partial charge in [0.05, 0.1) is 10.9 Å². The predicted octanol–water partition coefficient (Wildman–Crippen LogP) is 3.99. The Morgan fingerprint density at radius 3 is 2.16 bits per heavy atom. The molecule has 3 heterocycles. The zero-order valence-electron chi connectivity index (χ0n) is 16.9. The van der Waals surface area contributed by atoms with Crippen LogP contribution in [0.25, 0.3) is 4.96 Å². The minimum atomic E-state index is -0.300. The molecule has 2 aromatic carbocycles. The SMILES string of the molecule is Cc1nc2sc(C(c3ccc(F)cc3)N3CCN(c4ccc(F)cc4)CC3)c(O)n2n1. The van der Waals surface area contributed by atoms with Gasteiger partial charge in [-0.1, -0.05) is 23.5 Å². The third-order valence-corrected chi connectivity index (χ3v) is 6.68. The average Bonchev–Trinajstić information content (AvgIpc) is 3.28. The van der Waals surface area contributed by atoms with Crippen molar-refractivity contribution < 1.29 is 13.9 Å². The first-order valence-corrected chi connectivity index (χ1v) is 10.9. The molecule has 0 aliphatic carbocycles. The number of aryl methyl sites for hydroxylation is 1. The van der Waals surface area contributed by atoms with Crippen molar-refractivity contribution in [1.29, 1.82) is 0 Å². The number of fused-ring (bicyclic) bond motifs is 1. The molecule has 1 saturated heterocycles. The van der Waals surface area contributed by atoms with Gasteiger partial charge in [-0.3, -0.25) is 4.90 Å². The Balaban J connectivity index is 1.46. The second-order valence-corrected chi connectivity index (χ2v) is 8.61. The number of nitrogens with zero attached hydrogens (tertiary/aromatic N) is 5. The van der Waals surface area contributed by atoms with Crippen LogP contribution in [0.5, 0.6) is 5.88 Å². The molecule has 0 amide bonds. The van der Waals surface area contributed by atoms with E-state index in [1.807, 2.05) is 0 Å². The van der Waals surface area contributed by atoms with Crippen LogP contribution < -0.4 is 4.90 Å². The van der Waals surface area contributed by atoms with Gasteiger partial charge >= 0.3 is 0 Å². The number of aromatic hydroxyl groups is 1. The Bertz CT molecular complexity index is 1200. The third-order valence-electron chi connectivity index (χ3n) is 5.61. The van der Waals surface area contributed by atoms with E-state index in [0.29, 0.717) is 10.8 Å². The maximum absolute atomic E-state index is 13.6. The molecule has 2 aromatic heterocycles. The zero-order chi connectivity index (χ0) is 21.5. The summed E-state index contributed by atoms with van der Waals surface area (Å²) in [6.45, 7) is 4.75. The van der Waals surface area contributed by atoms with Crippen molar-refractivity contribution >= 4 is 22.0 Å². The summed E-state index contributed by atoms with van der Waals surface area (Å²) < 4.78 is 28.3. The fourth-order valence-corrected chi connectivity index (χ4v) is 5.25. The van der Waals surface area contributed by atoms with Crippen LogP contribution in [0.2, 0.25) is 0 Å². The summed E-state index contributed by atoms with van der Waals surface area (Å²) in [4.78, 5) is 10.2. The molecule has 0 spiro atoms. The van der Waals surface area contributed by atoms with Gasteiger partial charge in [0.25, 0.3) is 0 Å². The van der Waals surface area contributed by atoms with Crippen LogP contribution >= 0.6 is 11.3 Å². The van der Waals surface area contributed by atoms with Gasteiger partial charge in [0.15, 0.2) is 0 Å². The lowest BCUT2D eigenvalue weighted by molar-refractivity contribution is 0.211. The van der Waals surface area contributed by atoms with Crippen molar-refractivity contribution in [3.05, 3.63) is 76.4 Å². The normalized spacial score (nSPS) is 16.2. The van der Waals surface area contributed by atoms with Crippen molar-refractivity contribution in [1.82, 2.24) is 19.5 Å². The highest BCUT2D eigenvalue weighted by molar-refractivity contribution is 7.17. The highest BCUT2D eigenvalue weighted by atomic mass is 32.1. The van der Waals surface area contributed by atoms with Gasteiger partial charge < -0.3 is 10.0 Å². The third kappa shape index (κ3) is 3.75. The zero-order valence-corrected chi connectivity index (χ0v) is 17.7. The molecular weight excluding hydrogens is 420 g/mol. The van der Waals surface area contributed by atoms with Crippen LogP contribution in [-0.2, 0) is 0 Å². The summed E-state index contributed by atoms with van der Waals surface area (Å²) in [6.07, 6.45) is 0. The quantitative estimate of drug-likeness (QED) is 0.519. The number of thiazole rings is 1. The van der Waals surface area contributed by atoms with Crippen molar-refractivity contribution in [2.45, 2.75) is 13.0 Å². The number of piperazine rings is 1. The summed E-state index contributed by atoms with van der Waals surface area (Å²) >= 11 is 1.39. The molecule has 160 valence electrons. The number of halogens is 2. The first-order chi connectivity index (χ1) is 15.0. The molecule has 1 unspecified atom stereocenters. The number of rotatable bonds is 4. The van der Waals surface area contributed by atoms with Crippen LogP contribution in [-0.4, -0.2) is 50.8 Å². The molecule has 9 heteroatoms. The van der Waals surface area contributed by atoms with Gasteiger partial charge in [-0.2, -0.15) is 4.52 Å². The fourth-order valence-electron chi connectivity index (χ4n) is 4.09. The molecule has 0 radical (unpaired) electrons. The van der Waals surface area contributed by atoms with E-state index in [1.54, 1.807) is 31.2 Å². The van der Waals surface area contributed by atoms with Gasteiger partial charge in [0.1, 0.15) is 17.5 Å². The van der Waals surface area contributed by atoms with E-state index >= 15 is 0 Å². The summed E-state index contributed by atoms with van der Waals surface area (Å²) in [5, 5.41) is 15.2. The monoisotopic (exact) mass is 441 g/mol. The highest BCUT2D eigenvalue weighted by Crippen LogP contribution is 2.40. The number of benzene rings is 2. The van der Waals surface area contributed by atoms with Crippen molar-refractivity contribution in [2.24, 2.45) is 0 Å². The van der Waals surface area contributed by atoms with E-state index < -0.39 is 0 Å². The molecule has 4 aromatic rings. The second-order valence-electron chi connectivity index (χ2n) is 7.60. The highest BCUT2D eigenvalue weighted by Gasteiger charge is 2.31. The van der Waals surface area contributed by atoms with Gasteiger partial charge in [-0.05, 0) is 48.9 Å². The van der Waals surface area contributed by atoms with E-state index in [-0.39, 0.29) is 23.6 Å². The van der Waals surface area contributed by atoms with E-state index in [1.165, 1.54) is 40.1 Å². The first kappa shape index (κ1) is 19.9. The lowest BCUT2D eigenvalue weighted by Crippen LogP contribution is -2.47. The number of anilines is 1. The first-order valence-electron chi connectivity index (χ1n) is 10.0. The number of aromatic nitrogens is 3.